The molecule has 0 aliphatic rings. The molecule has 2 rings (SSSR count). The van der Waals surface area contributed by atoms with Crippen molar-refractivity contribution in [1.29, 1.82) is 0 Å². The predicted molar refractivity (Wildman–Crippen MR) is 79.9 cm³/mol. The minimum Gasteiger partial charge on any atom is -0.478 e. The van der Waals surface area contributed by atoms with Crippen LogP contribution in [0.3, 0.4) is 0 Å². The molecule has 2 aromatic carbocycles. The largest absolute Gasteiger partial charge is 0.478 e. The fraction of sp³-hybridized carbons (Fsp3) is 0.0625. The second kappa shape index (κ2) is 6.95. The summed E-state index contributed by atoms with van der Waals surface area (Å²) in [5.74, 6) is -1.86. The number of halogens is 3. The van der Waals surface area contributed by atoms with Gasteiger partial charge >= 0.3 is 12.1 Å². The zero-order chi connectivity index (χ0) is 17.7. The molecule has 5 nitrogen and oxygen atoms in total. The summed E-state index contributed by atoms with van der Waals surface area (Å²) < 4.78 is 37.8. The highest BCUT2D eigenvalue weighted by Gasteiger charge is 2.30. The van der Waals surface area contributed by atoms with Crippen molar-refractivity contribution in [3.05, 3.63) is 70.8 Å². The third-order valence-corrected chi connectivity index (χ3v) is 2.99. The van der Waals surface area contributed by atoms with Crippen LogP contribution in [0.2, 0.25) is 0 Å². The van der Waals surface area contributed by atoms with Gasteiger partial charge in [0.1, 0.15) is 0 Å². The van der Waals surface area contributed by atoms with E-state index in [4.69, 9.17) is 5.11 Å². The summed E-state index contributed by atoms with van der Waals surface area (Å²) in [6.07, 6.45) is -3.29. The predicted octanol–water partition coefficient (Wildman–Crippen LogP) is 3.17. The van der Waals surface area contributed by atoms with Crippen LogP contribution in [0, 0.1) is 0 Å². The van der Waals surface area contributed by atoms with Gasteiger partial charge in [0.15, 0.2) is 0 Å². The van der Waals surface area contributed by atoms with E-state index in [9.17, 15) is 22.8 Å². The van der Waals surface area contributed by atoms with E-state index in [1.807, 2.05) is 0 Å². The topological polar surface area (TPSA) is 78.8 Å². The number of carboxylic acid groups (broad SMARTS) is 1. The molecule has 24 heavy (non-hydrogen) atoms. The van der Waals surface area contributed by atoms with Crippen LogP contribution in [-0.4, -0.2) is 23.2 Å². The molecule has 0 fully saturated rings. The van der Waals surface area contributed by atoms with Crippen molar-refractivity contribution in [2.24, 2.45) is 5.10 Å². The van der Waals surface area contributed by atoms with E-state index in [0.29, 0.717) is 5.56 Å². The van der Waals surface area contributed by atoms with Gasteiger partial charge in [0.05, 0.1) is 17.3 Å². The van der Waals surface area contributed by atoms with Crippen molar-refractivity contribution >= 4 is 18.1 Å². The summed E-state index contributed by atoms with van der Waals surface area (Å²) in [5, 5.41) is 12.4. The van der Waals surface area contributed by atoms with Crippen molar-refractivity contribution in [1.82, 2.24) is 5.43 Å². The zero-order valence-corrected chi connectivity index (χ0v) is 12.0. The highest BCUT2D eigenvalue weighted by Crippen LogP contribution is 2.29. The van der Waals surface area contributed by atoms with Gasteiger partial charge < -0.3 is 5.11 Å². The lowest BCUT2D eigenvalue weighted by atomic mass is 10.1. The first-order valence-electron chi connectivity index (χ1n) is 6.61. The molecular weight excluding hydrogens is 325 g/mol. The molecular formula is C16H11F3N2O3. The molecule has 0 saturated carbocycles. The number of hydrazone groups is 1. The Morgan fingerprint density at radius 1 is 1.04 bits per heavy atom. The van der Waals surface area contributed by atoms with Gasteiger partial charge in [-0.3, -0.25) is 4.79 Å². The van der Waals surface area contributed by atoms with Crippen LogP contribution in [0.15, 0.2) is 53.6 Å². The molecule has 0 aromatic heterocycles. The van der Waals surface area contributed by atoms with E-state index in [2.05, 4.69) is 10.5 Å². The number of carbonyl (C=O) groups is 2. The molecule has 0 aliphatic carbocycles. The summed E-state index contributed by atoms with van der Waals surface area (Å²) in [5.41, 5.74) is 1.62. The number of carboxylic acids is 1. The Kier molecular flexibility index (Phi) is 4.98. The Labute approximate surface area is 134 Å². The van der Waals surface area contributed by atoms with Crippen LogP contribution < -0.4 is 5.43 Å². The molecule has 0 unspecified atom stereocenters. The van der Waals surface area contributed by atoms with Crippen LogP contribution >= 0.6 is 0 Å². The summed E-state index contributed by atoms with van der Waals surface area (Å²) in [7, 11) is 0. The van der Waals surface area contributed by atoms with Crippen molar-refractivity contribution < 1.29 is 27.9 Å². The monoisotopic (exact) mass is 336 g/mol. The number of amides is 1. The summed E-state index contributed by atoms with van der Waals surface area (Å²) in [6.45, 7) is 0. The van der Waals surface area contributed by atoms with Gasteiger partial charge in [-0.1, -0.05) is 18.2 Å². The smallest absolute Gasteiger partial charge is 0.416 e. The van der Waals surface area contributed by atoms with Crippen LogP contribution in [-0.2, 0) is 6.18 Å². The van der Waals surface area contributed by atoms with E-state index >= 15 is 0 Å². The molecule has 2 aromatic rings. The molecule has 124 valence electrons. The van der Waals surface area contributed by atoms with Crippen molar-refractivity contribution in [3.8, 4) is 0 Å². The Morgan fingerprint density at radius 3 is 2.29 bits per heavy atom. The van der Waals surface area contributed by atoms with E-state index in [-0.39, 0.29) is 11.1 Å². The highest BCUT2D eigenvalue weighted by molar-refractivity contribution is 5.95. The van der Waals surface area contributed by atoms with Crippen LogP contribution in [0.25, 0.3) is 0 Å². The maximum absolute atomic E-state index is 12.6. The summed E-state index contributed by atoms with van der Waals surface area (Å²) in [4.78, 5) is 22.5. The van der Waals surface area contributed by atoms with Gasteiger partial charge in [-0.2, -0.15) is 18.3 Å². The minimum atomic E-state index is -4.54. The maximum Gasteiger partial charge on any atom is 0.416 e. The van der Waals surface area contributed by atoms with Gasteiger partial charge in [-0.05, 0) is 35.9 Å². The van der Waals surface area contributed by atoms with E-state index in [1.165, 1.54) is 36.5 Å². The molecule has 2 N–H and O–H groups in total. The fourth-order valence-electron chi connectivity index (χ4n) is 1.78. The number of aromatic carboxylic acids is 1. The Morgan fingerprint density at radius 2 is 1.71 bits per heavy atom. The number of rotatable bonds is 4. The standard InChI is InChI=1S/C16H11F3N2O3/c17-16(18,19)13-3-1-2-12(8-13)14(22)21-20-9-10-4-6-11(7-5-10)15(23)24/h1-9H,(H,21,22)(H,23,24)/b20-9+. The van der Waals surface area contributed by atoms with Crippen molar-refractivity contribution in [3.63, 3.8) is 0 Å². The molecule has 0 bridgehead atoms. The average Bonchev–Trinajstić information content (AvgIpc) is 2.54. The molecule has 0 heterocycles. The molecule has 0 spiro atoms. The first kappa shape index (κ1) is 17.2. The van der Waals surface area contributed by atoms with Crippen molar-refractivity contribution in [2.75, 3.05) is 0 Å². The fourth-order valence-corrected chi connectivity index (χ4v) is 1.78. The third-order valence-electron chi connectivity index (χ3n) is 2.99. The van der Waals surface area contributed by atoms with Crippen LogP contribution in [0.1, 0.15) is 31.8 Å². The number of carbonyl (C=O) groups excluding carboxylic acids is 1. The molecule has 0 saturated heterocycles. The van der Waals surface area contributed by atoms with Gasteiger partial charge in [0.25, 0.3) is 5.91 Å². The number of alkyl halides is 3. The summed E-state index contributed by atoms with van der Waals surface area (Å²) >= 11 is 0. The van der Waals surface area contributed by atoms with E-state index in [0.717, 1.165) is 18.2 Å². The summed E-state index contributed by atoms with van der Waals surface area (Å²) in [6, 6.07) is 9.63. The zero-order valence-electron chi connectivity index (χ0n) is 12.0. The van der Waals surface area contributed by atoms with Gasteiger partial charge in [0, 0.05) is 5.56 Å². The second-order valence-corrected chi connectivity index (χ2v) is 4.70. The molecule has 0 aliphatic heterocycles. The van der Waals surface area contributed by atoms with Gasteiger partial charge in [-0.15, -0.1) is 0 Å². The number of benzene rings is 2. The SMILES string of the molecule is O=C(O)c1ccc(/C=N/NC(=O)c2cccc(C(F)(F)F)c2)cc1. The Hall–Kier alpha value is -3.16. The Bertz CT molecular complexity index is 784. The van der Waals surface area contributed by atoms with Gasteiger partial charge in [0.2, 0.25) is 0 Å². The third kappa shape index (κ3) is 4.42. The number of hydrogen-bond donors (Lipinski definition) is 2. The quantitative estimate of drug-likeness (QED) is 0.665. The molecule has 0 atom stereocenters. The number of nitrogens with zero attached hydrogens (tertiary/aromatic N) is 1. The minimum absolute atomic E-state index is 0.0974. The molecule has 1 amide bonds. The van der Waals surface area contributed by atoms with E-state index in [1.54, 1.807) is 0 Å². The molecule has 0 radical (unpaired) electrons. The molecule has 8 heteroatoms. The first-order chi connectivity index (χ1) is 11.3. The average molecular weight is 336 g/mol. The normalized spacial score (nSPS) is 11.5. The highest BCUT2D eigenvalue weighted by atomic mass is 19.4. The van der Waals surface area contributed by atoms with Crippen LogP contribution in [0.4, 0.5) is 13.2 Å². The second-order valence-electron chi connectivity index (χ2n) is 4.70. The lowest BCUT2D eigenvalue weighted by Gasteiger charge is -2.07. The lowest BCUT2D eigenvalue weighted by Crippen LogP contribution is -2.18. The van der Waals surface area contributed by atoms with Gasteiger partial charge in [-0.25, -0.2) is 10.2 Å². The number of nitrogens with one attached hydrogen (secondary N) is 1. The lowest BCUT2D eigenvalue weighted by molar-refractivity contribution is -0.137. The van der Waals surface area contributed by atoms with Crippen LogP contribution in [0.5, 0.6) is 0 Å². The Balaban J connectivity index is 2.04. The van der Waals surface area contributed by atoms with E-state index < -0.39 is 23.6 Å². The number of hydrogen-bond acceptors (Lipinski definition) is 3. The maximum atomic E-state index is 12.6. The van der Waals surface area contributed by atoms with Crippen molar-refractivity contribution in [2.45, 2.75) is 6.18 Å². The first-order valence-corrected chi connectivity index (χ1v) is 6.61.